The van der Waals surface area contributed by atoms with Gasteiger partial charge in [0.25, 0.3) is 0 Å². The van der Waals surface area contributed by atoms with E-state index < -0.39 is 17.1 Å². The molecule has 56 valence electrons. The van der Waals surface area contributed by atoms with E-state index in [1.807, 2.05) is 6.92 Å². The number of hydrogen-bond acceptors (Lipinski definition) is 2. The SMILES string of the molecule is CCS(=O)NC[C@@H](C)O. The highest BCUT2D eigenvalue weighted by Crippen LogP contribution is 1.77. The van der Waals surface area contributed by atoms with Crippen molar-refractivity contribution < 1.29 is 9.32 Å². The third-order valence-electron chi connectivity index (χ3n) is 0.802. The number of nitrogens with one attached hydrogen (secondary N) is 1. The lowest BCUT2D eigenvalue weighted by molar-refractivity contribution is 0.199. The van der Waals surface area contributed by atoms with Crippen molar-refractivity contribution in [1.29, 1.82) is 0 Å². The summed E-state index contributed by atoms with van der Waals surface area (Å²) in [5, 5.41) is 8.70. The molecule has 0 saturated carbocycles. The van der Waals surface area contributed by atoms with E-state index in [1.165, 1.54) is 0 Å². The predicted octanol–water partition coefficient (Wildman–Crippen LogP) is -0.360. The van der Waals surface area contributed by atoms with Gasteiger partial charge in [0.1, 0.15) is 0 Å². The number of aliphatic hydroxyl groups is 1. The molecule has 0 aromatic heterocycles. The van der Waals surface area contributed by atoms with Crippen molar-refractivity contribution in [2.45, 2.75) is 20.0 Å². The molecular formula is C5H13NO2S. The number of hydrogen-bond donors (Lipinski definition) is 2. The van der Waals surface area contributed by atoms with Gasteiger partial charge < -0.3 is 5.11 Å². The first-order chi connectivity index (χ1) is 4.16. The average molecular weight is 151 g/mol. The van der Waals surface area contributed by atoms with Crippen LogP contribution in [0.25, 0.3) is 0 Å². The molecule has 0 aliphatic carbocycles. The van der Waals surface area contributed by atoms with E-state index in [4.69, 9.17) is 5.11 Å². The molecule has 3 nitrogen and oxygen atoms in total. The van der Waals surface area contributed by atoms with Gasteiger partial charge in [0.2, 0.25) is 0 Å². The lowest BCUT2D eigenvalue weighted by Gasteiger charge is -2.03. The van der Waals surface area contributed by atoms with Crippen molar-refractivity contribution in [3.8, 4) is 0 Å². The summed E-state index contributed by atoms with van der Waals surface area (Å²) >= 11 is 0. The lowest BCUT2D eigenvalue weighted by Crippen LogP contribution is -2.27. The number of aliphatic hydroxyl groups excluding tert-OH is 1. The fraction of sp³-hybridized carbons (Fsp3) is 1.00. The highest BCUT2D eigenvalue weighted by molar-refractivity contribution is 7.82. The van der Waals surface area contributed by atoms with Gasteiger partial charge in [-0.15, -0.1) is 0 Å². The van der Waals surface area contributed by atoms with Crippen molar-refractivity contribution in [2.75, 3.05) is 12.3 Å². The maximum atomic E-state index is 10.6. The fourth-order valence-electron chi connectivity index (χ4n) is 0.316. The van der Waals surface area contributed by atoms with Gasteiger partial charge >= 0.3 is 0 Å². The summed E-state index contributed by atoms with van der Waals surface area (Å²) in [6, 6.07) is 0. The van der Waals surface area contributed by atoms with Crippen LogP contribution in [0.2, 0.25) is 0 Å². The molecule has 0 spiro atoms. The summed E-state index contributed by atoms with van der Waals surface area (Å²) in [7, 11) is -0.958. The Bertz CT molecular complexity index is 95.0. The zero-order valence-electron chi connectivity index (χ0n) is 5.76. The lowest BCUT2D eigenvalue weighted by atomic mass is 10.4. The highest BCUT2D eigenvalue weighted by atomic mass is 32.2. The zero-order valence-corrected chi connectivity index (χ0v) is 6.57. The molecule has 9 heavy (non-hydrogen) atoms. The molecule has 0 radical (unpaired) electrons. The van der Waals surface area contributed by atoms with Crippen LogP contribution in [0, 0.1) is 0 Å². The van der Waals surface area contributed by atoms with E-state index in [9.17, 15) is 4.21 Å². The molecule has 0 aliphatic rings. The van der Waals surface area contributed by atoms with Crippen LogP contribution < -0.4 is 4.72 Å². The van der Waals surface area contributed by atoms with Gasteiger partial charge in [0.05, 0.1) is 17.1 Å². The van der Waals surface area contributed by atoms with Gasteiger partial charge in [0, 0.05) is 12.3 Å². The van der Waals surface area contributed by atoms with Crippen molar-refractivity contribution in [1.82, 2.24) is 4.72 Å². The van der Waals surface area contributed by atoms with Gasteiger partial charge in [-0.3, -0.25) is 0 Å². The molecule has 0 aliphatic heterocycles. The minimum absolute atomic E-state index is 0.403. The monoisotopic (exact) mass is 151 g/mol. The molecule has 0 heterocycles. The molecule has 4 heteroatoms. The minimum Gasteiger partial charge on any atom is -0.392 e. The Kier molecular flexibility index (Phi) is 4.94. The van der Waals surface area contributed by atoms with Crippen molar-refractivity contribution in [3.05, 3.63) is 0 Å². The zero-order chi connectivity index (χ0) is 7.28. The Hall–Kier alpha value is 0.0700. The summed E-state index contributed by atoms with van der Waals surface area (Å²) in [5.74, 6) is 0.590. The highest BCUT2D eigenvalue weighted by Gasteiger charge is 1.96. The molecule has 0 aromatic rings. The molecule has 0 rings (SSSR count). The Labute approximate surface area is 58.1 Å². The van der Waals surface area contributed by atoms with E-state index in [0.717, 1.165) is 0 Å². The first-order valence-corrected chi connectivity index (χ1v) is 4.28. The van der Waals surface area contributed by atoms with Gasteiger partial charge in [0.15, 0.2) is 0 Å². The summed E-state index contributed by atoms with van der Waals surface area (Å²) in [5.41, 5.74) is 0. The molecule has 2 atom stereocenters. The molecule has 0 aromatic carbocycles. The van der Waals surface area contributed by atoms with Crippen LogP contribution >= 0.6 is 0 Å². The summed E-state index contributed by atoms with van der Waals surface area (Å²) in [6.07, 6.45) is -0.416. The molecule has 0 fully saturated rings. The smallest absolute Gasteiger partial charge is 0.0913 e. The molecule has 1 unspecified atom stereocenters. The van der Waals surface area contributed by atoms with Crippen LogP contribution in [-0.2, 0) is 11.0 Å². The van der Waals surface area contributed by atoms with Gasteiger partial charge in [-0.25, -0.2) is 8.93 Å². The van der Waals surface area contributed by atoms with Crippen LogP contribution in [0.5, 0.6) is 0 Å². The Balaban J connectivity index is 3.17. The maximum Gasteiger partial charge on any atom is 0.0913 e. The molecule has 0 amide bonds. The first-order valence-electron chi connectivity index (χ1n) is 2.96. The topological polar surface area (TPSA) is 49.3 Å². The van der Waals surface area contributed by atoms with E-state index in [0.29, 0.717) is 12.3 Å². The van der Waals surface area contributed by atoms with E-state index in [2.05, 4.69) is 4.72 Å². The van der Waals surface area contributed by atoms with Crippen LogP contribution in [0.4, 0.5) is 0 Å². The van der Waals surface area contributed by atoms with Gasteiger partial charge in [-0.1, -0.05) is 6.92 Å². The molecular weight excluding hydrogens is 138 g/mol. The summed E-state index contributed by atoms with van der Waals surface area (Å²) in [6.45, 7) is 3.88. The van der Waals surface area contributed by atoms with E-state index >= 15 is 0 Å². The largest absolute Gasteiger partial charge is 0.392 e. The maximum absolute atomic E-state index is 10.6. The molecule has 2 N–H and O–H groups in total. The van der Waals surface area contributed by atoms with Crippen molar-refractivity contribution in [2.24, 2.45) is 0 Å². The van der Waals surface area contributed by atoms with Crippen LogP contribution in [0.3, 0.4) is 0 Å². The first kappa shape index (κ1) is 9.07. The van der Waals surface area contributed by atoms with Crippen LogP contribution in [-0.4, -0.2) is 27.7 Å². The fourth-order valence-corrected chi connectivity index (χ4v) is 0.947. The average Bonchev–Trinajstić information content (AvgIpc) is 1.83. The summed E-state index contributed by atoms with van der Waals surface area (Å²) in [4.78, 5) is 0. The Morgan fingerprint density at radius 2 is 2.33 bits per heavy atom. The van der Waals surface area contributed by atoms with Crippen LogP contribution in [0.1, 0.15) is 13.8 Å². The second kappa shape index (κ2) is 4.90. The second-order valence-corrected chi connectivity index (χ2v) is 3.39. The predicted molar refractivity (Wildman–Crippen MR) is 38.4 cm³/mol. The third kappa shape index (κ3) is 5.95. The summed E-state index contributed by atoms with van der Waals surface area (Å²) < 4.78 is 13.3. The van der Waals surface area contributed by atoms with Crippen molar-refractivity contribution >= 4 is 11.0 Å². The minimum atomic E-state index is -0.958. The van der Waals surface area contributed by atoms with E-state index in [-0.39, 0.29) is 0 Å². The van der Waals surface area contributed by atoms with Crippen molar-refractivity contribution in [3.63, 3.8) is 0 Å². The van der Waals surface area contributed by atoms with Gasteiger partial charge in [-0.2, -0.15) is 0 Å². The van der Waals surface area contributed by atoms with E-state index in [1.54, 1.807) is 6.92 Å². The number of rotatable bonds is 4. The standard InChI is InChI=1S/C5H13NO2S/c1-3-9(8)6-4-5(2)7/h5-7H,3-4H2,1-2H3/t5-,9?/m1/s1. The molecule has 0 bridgehead atoms. The Morgan fingerprint density at radius 1 is 1.78 bits per heavy atom. The normalized spacial score (nSPS) is 17.2. The Morgan fingerprint density at radius 3 is 2.67 bits per heavy atom. The molecule has 0 saturated heterocycles. The third-order valence-corrected chi connectivity index (χ3v) is 1.81. The quantitative estimate of drug-likeness (QED) is 0.576. The van der Waals surface area contributed by atoms with Crippen LogP contribution in [0.15, 0.2) is 0 Å². The second-order valence-electron chi connectivity index (χ2n) is 1.83. The van der Waals surface area contributed by atoms with Gasteiger partial charge in [-0.05, 0) is 6.92 Å².